The van der Waals surface area contributed by atoms with E-state index in [1.165, 1.54) is 6.92 Å². The van der Waals surface area contributed by atoms with Gasteiger partial charge in [0, 0.05) is 0 Å². The van der Waals surface area contributed by atoms with Crippen LogP contribution >= 0.6 is 0 Å². The number of carbonyl (C=O) groups is 1. The lowest BCUT2D eigenvalue weighted by atomic mass is 10.2. The summed E-state index contributed by atoms with van der Waals surface area (Å²) in [5.41, 5.74) is 0. The summed E-state index contributed by atoms with van der Waals surface area (Å²) >= 11 is 0. The van der Waals surface area contributed by atoms with Crippen molar-refractivity contribution >= 4 is 5.91 Å². The van der Waals surface area contributed by atoms with Crippen LogP contribution in [0.4, 0.5) is 8.78 Å². The summed E-state index contributed by atoms with van der Waals surface area (Å²) in [5.74, 6) is -3.73. The van der Waals surface area contributed by atoms with Gasteiger partial charge in [0.2, 0.25) is 0 Å². The van der Waals surface area contributed by atoms with Crippen molar-refractivity contribution in [2.24, 2.45) is 0 Å². The van der Waals surface area contributed by atoms with E-state index in [4.69, 9.17) is 9.84 Å². The van der Waals surface area contributed by atoms with E-state index in [0.29, 0.717) is 0 Å². The van der Waals surface area contributed by atoms with Crippen molar-refractivity contribution in [1.29, 1.82) is 0 Å². The number of aliphatic hydroxyl groups is 1. The Kier molecular flexibility index (Phi) is 3.85. The maximum absolute atomic E-state index is 13.4. The van der Waals surface area contributed by atoms with Crippen LogP contribution in [0.3, 0.4) is 0 Å². The lowest BCUT2D eigenvalue weighted by Gasteiger charge is -2.20. The largest absolute Gasteiger partial charge is 0.384 e. The van der Waals surface area contributed by atoms with Gasteiger partial charge in [-0.3, -0.25) is 4.79 Å². The molecule has 0 saturated carbocycles. The molecule has 0 aromatic carbocycles. The van der Waals surface area contributed by atoms with E-state index < -0.39 is 30.6 Å². The Morgan fingerprint density at radius 3 is 2.50 bits per heavy atom. The molecule has 0 radical (unpaired) electrons. The van der Waals surface area contributed by atoms with Gasteiger partial charge in [0.25, 0.3) is 11.8 Å². The number of likely N-dealkylation sites (tertiary alicyclic amines) is 1. The number of hydrogen-bond donors (Lipinski definition) is 1. The van der Waals surface area contributed by atoms with Gasteiger partial charge in [0.1, 0.15) is 12.2 Å². The molecule has 0 aliphatic carbocycles. The number of halogens is 2. The minimum Gasteiger partial charge on any atom is -0.384 e. The number of alkyl halides is 2. The second-order valence-corrected chi connectivity index (χ2v) is 4.33. The Labute approximate surface area is 93.2 Å². The lowest BCUT2D eigenvalue weighted by molar-refractivity contribution is -0.139. The second kappa shape index (κ2) is 4.63. The molecule has 1 unspecified atom stereocenters. The SMILES string of the molecule is CC(C)OC1CN(C(=O)[C@H](C)O)CC1(F)F. The number of nitrogens with zero attached hydrogens (tertiary/aromatic N) is 1. The van der Waals surface area contributed by atoms with Gasteiger partial charge in [0.05, 0.1) is 19.2 Å². The number of rotatable bonds is 3. The quantitative estimate of drug-likeness (QED) is 0.783. The molecule has 0 spiro atoms. The van der Waals surface area contributed by atoms with Gasteiger partial charge >= 0.3 is 0 Å². The molecule has 0 bridgehead atoms. The highest BCUT2D eigenvalue weighted by Gasteiger charge is 2.51. The normalized spacial score (nSPS) is 26.2. The first-order chi connectivity index (χ1) is 7.24. The molecule has 1 amide bonds. The van der Waals surface area contributed by atoms with Gasteiger partial charge in [-0.05, 0) is 20.8 Å². The standard InChI is InChI=1S/C10H17F2NO3/c1-6(2)16-8-4-13(5-10(8,11)12)9(15)7(3)14/h6-8,14H,4-5H2,1-3H3/t7-,8?/m0/s1. The molecule has 1 heterocycles. The van der Waals surface area contributed by atoms with Crippen LogP contribution in [0.25, 0.3) is 0 Å². The Morgan fingerprint density at radius 1 is 1.50 bits per heavy atom. The number of carbonyl (C=O) groups excluding carboxylic acids is 1. The molecule has 1 saturated heterocycles. The van der Waals surface area contributed by atoms with E-state index in [1.54, 1.807) is 13.8 Å². The van der Waals surface area contributed by atoms with Crippen molar-refractivity contribution in [2.75, 3.05) is 13.1 Å². The summed E-state index contributed by atoms with van der Waals surface area (Å²) in [5, 5.41) is 9.04. The average molecular weight is 237 g/mol. The fourth-order valence-corrected chi connectivity index (χ4v) is 1.66. The zero-order valence-corrected chi connectivity index (χ0v) is 9.61. The van der Waals surface area contributed by atoms with Crippen LogP contribution in [0.15, 0.2) is 0 Å². The van der Waals surface area contributed by atoms with Crippen molar-refractivity contribution in [1.82, 2.24) is 4.90 Å². The van der Waals surface area contributed by atoms with Crippen LogP contribution in [0, 0.1) is 0 Å². The molecule has 1 N–H and O–H groups in total. The molecule has 2 atom stereocenters. The van der Waals surface area contributed by atoms with Gasteiger partial charge in [0.15, 0.2) is 0 Å². The fraction of sp³-hybridized carbons (Fsp3) is 0.900. The molecule has 16 heavy (non-hydrogen) atoms. The average Bonchev–Trinajstić information content (AvgIpc) is 2.40. The van der Waals surface area contributed by atoms with E-state index >= 15 is 0 Å². The Morgan fingerprint density at radius 2 is 2.06 bits per heavy atom. The van der Waals surface area contributed by atoms with Gasteiger partial charge in [-0.25, -0.2) is 8.78 Å². The topological polar surface area (TPSA) is 49.8 Å². The van der Waals surface area contributed by atoms with Gasteiger partial charge in [-0.2, -0.15) is 0 Å². The van der Waals surface area contributed by atoms with Crippen LogP contribution in [0.5, 0.6) is 0 Å². The van der Waals surface area contributed by atoms with Gasteiger partial charge in [-0.15, -0.1) is 0 Å². The highest BCUT2D eigenvalue weighted by atomic mass is 19.3. The zero-order valence-electron chi connectivity index (χ0n) is 9.61. The molecule has 94 valence electrons. The molecule has 6 heteroatoms. The van der Waals surface area contributed by atoms with Crippen molar-refractivity contribution in [3.63, 3.8) is 0 Å². The number of hydrogen-bond acceptors (Lipinski definition) is 3. The third-order valence-corrected chi connectivity index (χ3v) is 2.36. The monoisotopic (exact) mass is 237 g/mol. The van der Waals surface area contributed by atoms with Crippen molar-refractivity contribution < 1.29 is 23.4 Å². The van der Waals surface area contributed by atoms with Crippen LogP contribution in [0.2, 0.25) is 0 Å². The van der Waals surface area contributed by atoms with Crippen molar-refractivity contribution in [3.8, 4) is 0 Å². The molecule has 0 aromatic rings. The second-order valence-electron chi connectivity index (χ2n) is 4.33. The fourth-order valence-electron chi connectivity index (χ4n) is 1.66. The molecule has 4 nitrogen and oxygen atoms in total. The molecule has 1 aliphatic rings. The highest BCUT2D eigenvalue weighted by molar-refractivity contribution is 5.80. The number of amides is 1. The predicted molar refractivity (Wildman–Crippen MR) is 53.2 cm³/mol. The summed E-state index contributed by atoms with van der Waals surface area (Å²) in [6.45, 7) is 3.73. The summed E-state index contributed by atoms with van der Waals surface area (Å²) in [6.07, 6.45) is -2.86. The molecule has 1 fully saturated rings. The summed E-state index contributed by atoms with van der Waals surface area (Å²) in [7, 11) is 0. The predicted octanol–water partition coefficient (Wildman–Crippen LogP) is 0.638. The minimum atomic E-state index is -3.05. The maximum atomic E-state index is 13.4. The van der Waals surface area contributed by atoms with Crippen molar-refractivity contribution in [2.45, 2.75) is 45.0 Å². The molecule has 1 rings (SSSR count). The number of aliphatic hydroxyl groups excluding tert-OH is 1. The molecule has 1 aliphatic heterocycles. The van der Waals surface area contributed by atoms with Crippen LogP contribution in [0.1, 0.15) is 20.8 Å². The minimum absolute atomic E-state index is 0.172. The lowest BCUT2D eigenvalue weighted by Crippen LogP contribution is -2.37. The first-order valence-corrected chi connectivity index (χ1v) is 5.24. The first kappa shape index (κ1) is 13.3. The maximum Gasteiger partial charge on any atom is 0.292 e. The molecular weight excluding hydrogens is 220 g/mol. The third-order valence-electron chi connectivity index (χ3n) is 2.36. The zero-order chi connectivity index (χ0) is 12.5. The van der Waals surface area contributed by atoms with Crippen molar-refractivity contribution in [3.05, 3.63) is 0 Å². The smallest absolute Gasteiger partial charge is 0.292 e. The molecular formula is C10H17F2NO3. The Hall–Kier alpha value is -0.750. The van der Waals surface area contributed by atoms with Gasteiger partial charge < -0.3 is 14.7 Å². The summed E-state index contributed by atoms with van der Waals surface area (Å²) < 4.78 is 31.9. The van der Waals surface area contributed by atoms with Crippen LogP contribution < -0.4 is 0 Å². The van der Waals surface area contributed by atoms with Gasteiger partial charge in [-0.1, -0.05) is 0 Å². The summed E-state index contributed by atoms with van der Waals surface area (Å²) in [4.78, 5) is 12.3. The third kappa shape index (κ3) is 2.89. The van der Waals surface area contributed by atoms with Crippen LogP contribution in [-0.2, 0) is 9.53 Å². The van der Waals surface area contributed by atoms with E-state index in [1.807, 2.05) is 0 Å². The van der Waals surface area contributed by atoms with E-state index in [9.17, 15) is 13.6 Å². The van der Waals surface area contributed by atoms with E-state index in [2.05, 4.69) is 0 Å². The first-order valence-electron chi connectivity index (χ1n) is 5.24. The highest BCUT2D eigenvalue weighted by Crippen LogP contribution is 2.31. The Bertz CT molecular complexity index is 269. The van der Waals surface area contributed by atoms with Crippen LogP contribution in [-0.4, -0.2) is 53.2 Å². The Balaban J connectivity index is 2.67. The van der Waals surface area contributed by atoms with E-state index in [0.717, 1.165) is 4.90 Å². The molecule has 0 aromatic heterocycles. The summed E-state index contributed by atoms with van der Waals surface area (Å²) in [6, 6.07) is 0. The number of ether oxygens (including phenoxy) is 1. The van der Waals surface area contributed by atoms with E-state index in [-0.39, 0.29) is 12.6 Å².